The lowest BCUT2D eigenvalue weighted by Gasteiger charge is -2.22. The highest BCUT2D eigenvalue weighted by atomic mass is 35.5. The van der Waals surface area contributed by atoms with Crippen LogP contribution < -0.4 is 11.1 Å². The highest BCUT2D eigenvalue weighted by molar-refractivity contribution is 6.31. The van der Waals surface area contributed by atoms with Gasteiger partial charge in [0.05, 0.1) is 17.9 Å². The number of hydrogen-bond acceptors (Lipinski definition) is 5. The quantitative estimate of drug-likeness (QED) is 0.126. The van der Waals surface area contributed by atoms with Crippen LogP contribution in [-0.2, 0) is 27.5 Å². The highest BCUT2D eigenvalue weighted by Crippen LogP contribution is 2.42. The first-order chi connectivity index (χ1) is 24.7. The number of nitrogens with two attached hydrogens (primary N) is 1. The number of rotatable bonds is 10. The Morgan fingerprint density at radius 2 is 1.37 bits per heavy atom. The Balaban J connectivity index is 1.24. The number of fused-ring (bicyclic) bond motifs is 7. The molecule has 0 saturated carbocycles. The second kappa shape index (κ2) is 14.6. The molecule has 7 rings (SSSR count). The van der Waals surface area contributed by atoms with E-state index < -0.39 is 17.9 Å². The molecule has 1 atom stereocenters. The summed E-state index contributed by atoms with van der Waals surface area (Å²) in [6, 6.07) is 38.3. The lowest BCUT2D eigenvalue weighted by atomic mass is 9.88. The third-order valence-electron chi connectivity index (χ3n) is 9.23. The molecule has 51 heavy (non-hydrogen) atoms. The molecule has 8 nitrogen and oxygen atoms in total. The largest absolute Gasteiger partial charge is 0.480 e. The molecule has 6 aromatic carbocycles. The molecule has 9 heteroatoms. The number of benzene rings is 6. The lowest BCUT2D eigenvalue weighted by molar-refractivity contribution is -0.138. The highest BCUT2D eigenvalue weighted by Gasteiger charge is 2.26. The minimum atomic E-state index is -1.25. The summed E-state index contributed by atoms with van der Waals surface area (Å²) >= 11 is 6.49. The number of anilines is 1. The Bertz CT molecular complexity index is 2250. The van der Waals surface area contributed by atoms with E-state index in [0.29, 0.717) is 40.6 Å². The zero-order chi connectivity index (χ0) is 35.5. The van der Waals surface area contributed by atoms with Gasteiger partial charge in [0.15, 0.2) is 0 Å². The Kier molecular flexibility index (Phi) is 9.61. The summed E-state index contributed by atoms with van der Waals surface area (Å²) in [5, 5.41) is 18.1. The Morgan fingerprint density at radius 1 is 0.784 bits per heavy atom. The van der Waals surface area contributed by atoms with Crippen molar-refractivity contribution in [2.75, 3.05) is 11.9 Å². The van der Waals surface area contributed by atoms with E-state index in [1.165, 1.54) is 21.9 Å². The van der Waals surface area contributed by atoms with Crippen LogP contribution in [0.4, 0.5) is 5.69 Å². The van der Waals surface area contributed by atoms with Crippen LogP contribution in [0.2, 0.25) is 5.02 Å². The number of hydrogen-bond donors (Lipinski definition) is 3. The van der Waals surface area contributed by atoms with Crippen LogP contribution in [0.3, 0.4) is 0 Å². The van der Waals surface area contributed by atoms with Gasteiger partial charge in [-0.3, -0.25) is 19.5 Å². The zero-order valence-corrected chi connectivity index (χ0v) is 28.4. The first-order valence-electron chi connectivity index (χ1n) is 16.7. The number of carboxylic acid groups (broad SMARTS) is 1. The fourth-order valence-corrected chi connectivity index (χ4v) is 7.10. The van der Waals surface area contributed by atoms with Gasteiger partial charge in [0, 0.05) is 35.7 Å². The molecule has 0 unspecified atom stereocenters. The van der Waals surface area contributed by atoms with E-state index in [0.717, 1.165) is 21.9 Å². The van der Waals surface area contributed by atoms with Gasteiger partial charge in [-0.2, -0.15) is 0 Å². The molecule has 0 spiro atoms. The Labute approximate surface area is 300 Å². The van der Waals surface area contributed by atoms with Crippen molar-refractivity contribution < 1.29 is 19.5 Å². The number of primary amides is 1. The minimum Gasteiger partial charge on any atom is -0.480 e. The Hall–Kier alpha value is -5.83. The predicted octanol–water partition coefficient (Wildman–Crippen LogP) is 7.82. The van der Waals surface area contributed by atoms with Crippen molar-refractivity contribution in [3.63, 3.8) is 0 Å². The fraction of sp³-hybridized carbons (Fsp3) is 0.143. The monoisotopic (exact) mass is 694 g/mol. The van der Waals surface area contributed by atoms with E-state index in [1.54, 1.807) is 30.3 Å². The molecule has 2 amide bonds. The van der Waals surface area contributed by atoms with Crippen LogP contribution >= 0.6 is 11.6 Å². The summed E-state index contributed by atoms with van der Waals surface area (Å²) in [4.78, 5) is 44.5. The van der Waals surface area contributed by atoms with E-state index in [-0.39, 0.29) is 25.3 Å². The smallest absolute Gasteiger partial charge is 0.328 e. The standard InChI is InChI=1S/C42H35ClN4O4/c43-31-18-19-35(34(22-31)41(28-10-2-1-3-11-28)46-36(42(50)51)20-21-37(44)48)45-38(49)25-47-23-29-16-14-26-8-4-6-12-32(26)39(29)40-30(24-47)17-15-27-9-5-7-13-33(27)40/h1-19,22,36H,20-21,23-25H2,(H2,44,48)(H,45,49)(H,50,51)/t36-/m1/s1. The molecule has 1 aliphatic rings. The normalized spacial score (nSPS) is 13.6. The third-order valence-corrected chi connectivity index (χ3v) is 9.46. The van der Waals surface area contributed by atoms with Crippen LogP contribution in [0.1, 0.15) is 35.1 Å². The van der Waals surface area contributed by atoms with Gasteiger partial charge in [0.1, 0.15) is 6.04 Å². The molecule has 1 heterocycles. The number of aliphatic carboxylic acids is 1. The number of carboxylic acids is 1. The lowest BCUT2D eigenvalue weighted by Crippen LogP contribution is -2.32. The second-order valence-electron chi connectivity index (χ2n) is 12.7. The van der Waals surface area contributed by atoms with E-state index in [1.807, 2.05) is 30.3 Å². The molecular weight excluding hydrogens is 660 g/mol. The maximum Gasteiger partial charge on any atom is 0.328 e. The predicted molar refractivity (Wildman–Crippen MR) is 203 cm³/mol. The first kappa shape index (κ1) is 33.7. The van der Waals surface area contributed by atoms with Crippen LogP contribution in [0.5, 0.6) is 0 Å². The van der Waals surface area contributed by atoms with Gasteiger partial charge in [0.2, 0.25) is 11.8 Å². The first-order valence-corrected chi connectivity index (χ1v) is 17.1. The summed E-state index contributed by atoms with van der Waals surface area (Å²) < 4.78 is 0. The molecule has 6 aromatic rings. The number of nitrogens with zero attached hydrogens (tertiary/aromatic N) is 2. The Morgan fingerprint density at radius 3 is 1.96 bits per heavy atom. The number of amides is 2. The van der Waals surface area contributed by atoms with Crippen LogP contribution in [0.25, 0.3) is 32.7 Å². The number of nitrogens with one attached hydrogen (secondary N) is 1. The van der Waals surface area contributed by atoms with Crippen molar-refractivity contribution in [2.45, 2.75) is 32.0 Å². The molecule has 0 radical (unpaired) electrons. The molecule has 0 aromatic heterocycles. The van der Waals surface area contributed by atoms with Crippen molar-refractivity contribution in [3.05, 3.63) is 149 Å². The maximum atomic E-state index is 14.0. The summed E-state index contributed by atoms with van der Waals surface area (Å²) in [5.41, 5.74) is 11.8. The van der Waals surface area contributed by atoms with Crippen molar-refractivity contribution >= 4 is 62.3 Å². The molecule has 0 bridgehead atoms. The summed E-state index contributed by atoms with van der Waals surface area (Å²) in [6.07, 6.45) is -0.221. The fourth-order valence-electron chi connectivity index (χ4n) is 6.92. The summed E-state index contributed by atoms with van der Waals surface area (Å²) in [6.45, 7) is 1.21. The van der Waals surface area contributed by atoms with Crippen molar-refractivity contribution in [1.82, 2.24) is 4.90 Å². The second-order valence-corrected chi connectivity index (χ2v) is 13.2. The molecular formula is C42H35ClN4O4. The van der Waals surface area contributed by atoms with Crippen molar-refractivity contribution in [2.24, 2.45) is 10.7 Å². The SMILES string of the molecule is NC(=O)CC[C@@H](N=C(c1ccccc1)c1cc(Cl)ccc1NC(=O)CN1Cc2ccc3ccccc3c2-c2c(ccc3ccccc23)C1)C(=O)O. The summed E-state index contributed by atoms with van der Waals surface area (Å²) in [7, 11) is 0. The van der Waals surface area contributed by atoms with Crippen molar-refractivity contribution in [3.8, 4) is 11.1 Å². The van der Waals surface area contributed by atoms with Gasteiger partial charge in [-0.15, -0.1) is 0 Å². The third kappa shape index (κ3) is 7.24. The van der Waals surface area contributed by atoms with Gasteiger partial charge in [-0.1, -0.05) is 115 Å². The van der Waals surface area contributed by atoms with Gasteiger partial charge >= 0.3 is 5.97 Å². The molecule has 1 aliphatic heterocycles. The molecule has 4 N–H and O–H groups in total. The van der Waals surface area contributed by atoms with E-state index in [2.05, 4.69) is 75.9 Å². The number of aliphatic imine (C=N–C) groups is 1. The summed E-state index contributed by atoms with van der Waals surface area (Å²) in [5.74, 6) is -2.06. The maximum absolute atomic E-state index is 14.0. The van der Waals surface area contributed by atoms with Crippen LogP contribution in [0.15, 0.2) is 126 Å². The van der Waals surface area contributed by atoms with E-state index in [4.69, 9.17) is 17.3 Å². The number of carbonyl (C=O) groups excluding carboxylic acids is 2. The van der Waals surface area contributed by atoms with Gasteiger partial charge in [-0.25, -0.2) is 4.79 Å². The molecule has 0 fully saturated rings. The number of halogens is 1. The molecule has 254 valence electrons. The van der Waals surface area contributed by atoms with Gasteiger partial charge in [-0.05, 0) is 68.4 Å². The number of carbonyl (C=O) groups is 3. The average molecular weight is 695 g/mol. The van der Waals surface area contributed by atoms with Crippen LogP contribution in [-0.4, -0.2) is 46.1 Å². The van der Waals surface area contributed by atoms with E-state index in [9.17, 15) is 19.5 Å². The zero-order valence-electron chi connectivity index (χ0n) is 27.7. The minimum absolute atomic E-state index is 0.0776. The van der Waals surface area contributed by atoms with Crippen molar-refractivity contribution in [1.29, 1.82) is 0 Å². The van der Waals surface area contributed by atoms with Crippen LogP contribution in [0, 0.1) is 0 Å². The van der Waals surface area contributed by atoms with E-state index >= 15 is 0 Å². The molecule has 0 saturated heterocycles. The molecule has 0 aliphatic carbocycles. The average Bonchev–Trinajstić information content (AvgIpc) is 3.29. The topological polar surface area (TPSA) is 125 Å². The van der Waals surface area contributed by atoms with Gasteiger partial charge in [0.25, 0.3) is 0 Å². The van der Waals surface area contributed by atoms with Gasteiger partial charge < -0.3 is 16.2 Å².